The Balaban J connectivity index is 2.26. The highest BCUT2D eigenvalue weighted by molar-refractivity contribution is 9.13. The molecular weight excluding hydrogens is 500 g/mol. The van der Waals surface area contributed by atoms with Crippen molar-refractivity contribution in [2.75, 3.05) is 13.2 Å². The van der Waals surface area contributed by atoms with Crippen LogP contribution in [-0.4, -0.2) is 23.4 Å². The standard InChI is InChI=1S/C19H19Br3O2/c20-12-3-4-13-14-10-17(21)18(22)11-16(14)19(5-1-7-23,6-2-8-24)15(13)9-12/h3-4,9-11,23-24H,1-2,5-8H2. The van der Waals surface area contributed by atoms with Gasteiger partial charge in [0.25, 0.3) is 0 Å². The Hall–Kier alpha value is -0.200. The van der Waals surface area contributed by atoms with Gasteiger partial charge in [0.2, 0.25) is 0 Å². The van der Waals surface area contributed by atoms with E-state index in [1.807, 2.05) is 0 Å². The molecule has 0 saturated heterocycles. The molecule has 0 aromatic heterocycles. The maximum absolute atomic E-state index is 9.44. The van der Waals surface area contributed by atoms with Gasteiger partial charge in [-0.3, -0.25) is 0 Å². The minimum atomic E-state index is -0.164. The fraction of sp³-hybridized carbons (Fsp3) is 0.368. The molecule has 1 aliphatic carbocycles. The molecule has 24 heavy (non-hydrogen) atoms. The Kier molecular flexibility index (Phi) is 5.87. The second-order valence-corrected chi connectivity index (χ2v) is 8.86. The molecule has 0 saturated carbocycles. The van der Waals surface area contributed by atoms with Crippen molar-refractivity contribution in [2.45, 2.75) is 31.1 Å². The van der Waals surface area contributed by atoms with Crippen molar-refractivity contribution in [3.8, 4) is 11.1 Å². The smallest absolute Gasteiger partial charge is 0.0431 e. The molecule has 0 spiro atoms. The van der Waals surface area contributed by atoms with E-state index in [-0.39, 0.29) is 18.6 Å². The van der Waals surface area contributed by atoms with E-state index >= 15 is 0 Å². The third-order valence-electron chi connectivity index (χ3n) is 4.89. The van der Waals surface area contributed by atoms with E-state index in [1.54, 1.807) is 0 Å². The Morgan fingerprint density at radius 1 is 0.750 bits per heavy atom. The minimum Gasteiger partial charge on any atom is -0.396 e. The molecule has 0 aliphatic heterocycles. The summed E-state index contributed by atoms with van der Waals surface area (Å²) in [6.07, 6.45) is 3.22. The maximum Gasteiger partial charge on any atom is 0.0431 e. The van der Waals surface area contributed by atoms with E-state index in [0.29, 0.717) is 0 Å². The van der Waals surface area contributed by atoms with E-state index in [4.69, 9.17) is 0 Å². The van der Waals surface area contributed by atoms with Gasteiger partial charge in [0.1, 0.15) is 0 Å². The van der Waals surface area contributed by atoms with Crippen molar-refractivity contribution in [2.24, 2.45) is 0 Å². The fourth-order valence-corrected chi connectivity index (χ4v) is 4.93. The van der Waals surface area contributed by atoms with Gasteiger partial charge in [-0.15, -0.1) is 0 Å². The van der Waals surface area contributed by atoms with Crippen molar-refractivity contribution in [1.82, 2.24) is 0 Å². The van der Waals surface area contributed by atoms with Gasteiger partial charge < -0.3 is 10.2 Å². The molecule has 0 fully saturated rings. The summed E-state index contributed by atoms with van der Waals surface area (Å²) >= 11 is 10.9. The topological polar surface area (TPSA) is 40.5 Å². The number of fused-ring (bicyclic) bond motifs is 3. The van der Waals surface area contributed by atoms with Gasteiger partial charge in [0, 0.05) is 32.0 Å². The number of rotatable bonds is 6. The number of aliphatic hydroxyl groups is 2. The molecule has 0 heterocycles. The largest absolute Gasteiger partial charge is 0.396 e. The highest BCUT2D eigenvalue weighted by atomic mass is 79.9. The zero-order valence-corrected chi connectivity index (χ0v) is 17.9. The molecule has 0 bridgehead atoms. The summed E-state index contributed by atoms with van der Waals surface area (Å²) in [6, 6.07) is 10.8. The van der Waals surface area contributed by atoms with E-state index in [1.165, 1.54) is 22.3 Å². The molecule has 3 rings (SSSR count). The third kappa shape index (κ3) is 3.14. The second kappa shape index (κ2) is 7.58. The van der Waals surface area contributed by atoms with E-state index < -0.39 is 0 Å². The second-order valence-electron chi connectivity index (χ2n) is 6.24. The molecule has 2 aromatic carbocycles. The molecule has 2 nitrogen and oxygen atoms in total. The first-order valence-electron chi connectivity index (χ1n) is 8.05. The summed E-state index contributed by atoms with van der Waals surface area (Å²) in [5.74, 6) is 0. The molecule has 0 atom stereocenters. The van der Waals surface area contributed by atoms with Crippen LogP contribution in [0.4, 0.5) is 0 Å². The van der Waals surface area contributed by atoms with Crippen LogP contribution in [0.2, 0.25) is 0 Å². The molecule has 128 valence electrons. The van der Waals surface area contributed by atoms with Crippen LogP contribution in [0.5, 0.6) is 0 Å². The van der Waals surface area contributed by atoms with Gasteiger partial charge in [0.15, 0.2) is 0 Å². The molecule has 2 N–H and O–H groups in total. The average molecular weight is 519 g/mol. The molecule has 0 amide bonds. The monoisotopic (exact) mass is 516 g/mol. The fourth-order valence-electron chi connectivity index (χ4n) is 3.88. The number of aliphatic hydroxyl groups excluding tert-OH is 2. The lowest BCUT2D eigenvalue weighted by Gasteiger charge is -2.32. The van der Waals surface area contributed by atoms with Crippen molar-refractivity contribution >= 4 is 47.8 Å². The first kappa shape index (κ1) is 18.6. The van der Waals surface area contributed by atoms with Crippen molar-refractivity contribution in [1.29, 1.82) is 0 Å². The summed E-state index contributed by atoms with van der Waals surface area (Å²) < 4.78 is 3.13. The van der Waals surface area contributed by atoms with Crippen LogP contribution in [0.15, 0.2) is 43.7 Å². The number of benzene rings is 2. The first-order chi connectivity index (χ1) is 11.5. The molecule has 2 aromatic rings. The van der Waals surface area contributed by atoms with Crippen LogP contribution in [0.3, 0.4) is 0 Å². The number of halogens is 3. The van der Waals surface area contributed by atoms with Crippen molar-refractivity contribution in [3.63, 3.8) is 0 Å². The lowest BCUT2D eigenvalue weighted by Crippen LogP contribution is -2.26. The van der Waals surface area contributed by atoms with Crippen LogP contribution in [-0.2, 0) is 5.41 Å². The Labute approximate surface area is 167 Å². The van der Waals surface area contributed by atoms with E-state index in [2.05, 4.69) is 78.1 Å². The Morgan fingerprint density at radius 3 is 1.96 bits per heavy atom. The van der Waals surface area contributed by atoms with Gasteiger partial charge in [-0.05, 0) is 104 Å². The lowest BCUT2D eigenvalue weighted by molar-refractivity contribution is 0.247. The van der Waals surface area contributed by atoms with Crippen molar-refractivity contribution < 1.29 is 10.2 Å². The van der Waals surface area contributed by atoms with Gasteiger partial charge >= 0.3 is 0 Å². The summed E-state index contributed by atoms with van der Waals surface area (Å²) in [4.78, 5) is 0. The quantitative estimate of drug-likeness (QED) is 0.508. The third-order valence-corrected chi connectivity index (χ3v) is 7.22. The van der Waals surface area contributed by atoms with Crippen molar-refractivity contribution in [3.05, 3.63) is 54.9 Å². The van der Waals surface area contributed by atoms with Crippen LogP contribution >= 0.6 is 47.8 Å². The van der Waals surface area contributed by atoms with Gasteiger partial charge in [-0.2, -0.15) is 0 Å². The Bertz CT molecular complexity index is 751. The predicted molar refractivity (Wildman–Crippen MR) is 108 cm³/mol. The molecular formula is C19H19Br3O2. The maximum atomic E-state index is 9.44. The SMILES string of the molecule is OCCCC1(CCCO)c2cc(Br)ccc2-c2cc(Br)c(Br)cc21. The first-order valence-corrected chi connectivity index (χ1v) is 10.4. The summed E-state index contributed by atoms with van der Waals surface area (Å²) in [5.41, 5.74) is 4.90. The highest BCUT2D eigenvalue weighted by Gasteiger charge is 2.42. The zero-order chi connectivity index (χ0) is 17.3. The predicted octanol–water partition coefficient (Wildman–Crippen LogP) is 5.79. The summed E-state index contributed by atoms with van der Waals surface area (Å²) in [5, 5.41) is 18.9. The highest BCUT2D eigenvalue weighted by Crippen LogP contribution is 2.55. The minimum absolute atomic E-state index is 0.164. The normalized spacial score (nSPS) is 14.5. The van der Waals surface area contributed by atoms with Gasteiger partial charge in [0.05, 0.1) is 0 Å². The molecule has 1 aliphatic rings. The molecule has 0 unspecified atom stereocenters. The van der Waals surface area contributed by atoms with Gasteiger partial charge in [-0.1, -0.05) is 22.0 Å². The zero-order valence-electron chi connectivity index (χ0n) is 13.2. The van der Waals surface area contributed by atoms with Crippen LogP contribution < -0.4 is 0 Å². The lowest BCUT2D eigenvalue weighted by atomic mass is 9.71. The average Bonchev–Trinajstić information content (AvgIpc) is 2.81. The van der Waals surface area contributed by atoms with Crippen LogP contribution in [0, 0.1) is 0 Å². The van der Waals surface area contributed by atoms with E-state index in [9.17, 15) is 10.2 Å². The van der Waals surface area contributed by atoms with Crippen LogP contribution in [0.25, 0.3) is 11.1 Å². The summed E-state index contributed by atoms with van der Waals surface area (Å²) in [6.45, 7) is 0.356. The van der Waals surface area contributed by atoms with Crippen LogP contribution in [0.1, 0.15) is 36.8 Å². The summed E-state index contributed by atoms with van der Waals surface area (Å²) in [7, 11) is 0. The number of hydrogen-bond donors (Lipinski definition) is 2. The molecule has 5 heteroatoms. The number of hydrogen-bond acceptors (Lipinski definition) is 2. The molecule has 0 radical (unpaired) electrons. The Morgan fingerprint density at radius 2 is 1.33 bits per heavy atom. The van der Waals surface area contributed by atoms with Gasteiger partial charge in [-0.25, -0.2) is 0 Å². The van der Waals surface area contributed by atoms with E-state index in [0.717, 1.165) is 39.1 Å².